The molecule has 2 aromatic rings. The summed E-state index contributed by atoms with van der Waals surface area (Å²) in [5, 5.41) is 0.574. The molecule has 4 rings (SSSR count). The van der Waals surface area contributed by atoms with Gasteiger partial charge in [0.1, 0.15) is 0 Å². The first-order valence-electron chi connectivity index (χ1n) is 11.1. The van der Waals surface area contributed by atoms with Crippen LogP contribution in [0.5, 0.6) is 17.2 Å². The molecule has 2 amide bonds. The summed E-state index contributed by atoms with van der Waals surface area (Å²) in [7, 11) is 4.69. The molecule has 0 unspecified atom stereocenters. The average Bonchev–Trinajstić information content (AvgIpc) is 3.53. The molecule has 2 aliphatic heterocycles. The molecule has 0 aromatic heterocycles. The number of ether oxygens (including phenoxy) is 3. The lowest BCUT2D eigenvalue weighted by atomic mass is 9.87. The van der Waals surface area contributed by atoms with Gasteiger partial charge >= 0.3 is 0 Å². The number of halogens is 1. The Kier molecular flexibility index (Phi) is 6.98. The molecule has 0 saturated carbocycles. The Bertz CT molecular complexity index is 995. The van der Waals surface area contributed by atoms with E-state index in [0.717, 1.165) is 31.5 Å². The van der Waals surface area contributed by atoms with E-state index in [4.69, 9.17) is 25.8 Å². The number of carbonyl (C=O) groups excluding carboxylic acids is 2. The van der Waals surface area contributed by atoms with Crippen LogP contribution in [0, 0.1) is 5.92 Å². The van der Waals surface area contributed by atoms with Gasteiger partial charge < -0.3 is 24.0 Å². The van der Waals surface area contributed by atoms with E-state index in [0.29, 0.717) is 40.9 Å². The Hall–Kier alpha value is -2.93. The Labute approximate surface area is 199 Å². The van der Waals surface area contributed by atoms with Gasteiger partial charge in [0.15, 0.2) is 11.5 Å². The van der Waals surface area contributed by atoms with Crippen molar-refractivity contribution in [3.8, 4) is 17.2 Å². The van der Waals surface area contributed by atoms with Crippen LogP contribution in [0.4, 0.5) is 0 Å². The molecule has 2 saturated heterocycles. The van der Waals surface area contributed by atoms with Crippen molar-refractivity contribution >= 4 is 23.4 Å². The molecule has 2 aliphatic rings. The molecule has 2 atom stereocenters. The van der Waals surface area contributed by atoms with Crippen molar-refractivity contribution in [1.82, 2.24) is 9.80 Å². The minimum Gasteiger partial charge on any atom is -0.493 e. The monoisotopic (exact) mass is 472 g/mol. The van der Waals surface area contributed by atoms with Crippen molar-refractivity contribution in [2.75, 3.05) is 47.5 Å². The number of rotatable bonds is 6. The lowest BCUT2D eigenvalue weighted by Crippen LogP contribution is -2.37. The SMILES string of the molecule is COc1cc([C@@H]2CN(C(=O)c3ccc(Cl)cc3)C[C@@H]2C(=O)N2CCCC2)cc(OC)c1OC. The highest BCUT2D eigenvalue weighted by atomic mass is 35.5. The molecule has 0 bridgehead atoms. The van der Waals surface area contributed by atoms with Crippen molar-refractivity contribution in [2.24, 2.45) is 5.92 Å². The maximum Gasteiger partial charge on any atom is 0.253 e. The van der Waals surface area contributed by atoms with Crippen LogP contribution in [0.1, 0.15) is 34.7 Å². The lowest BCUT2D eigenvalue weighted by molar-refractivity contribution is -0.134. The van der Waals surface area contributed by atoms with Crippen molar-refractivity contribution < 1.29 is 23.8 Å². The van der Waals surface area contributed by atoms with E-state index in [1.54, 1.807) is 50.5 Å². The van der Waals surface area contributed by atoms with Gasteiger partial charge in [0.2, 0.25) is 11.7 Å². The predicted octanol–water partition coefficient (Wildman–Crippen LogP) is 3.84. The fourth-order valence-electron chi connectivity index (χ4n) is 4.82. The fourth-order valence-corrected chi connectivity index (χ4v) is 4.95. The third kappa shape index (κ3) is 4.60. The Morgan fingerprint density at radius 2 is 1.48 bits per heavy atom. The molecule has 2 aromatic carbocycles. The first-order valence-corrected chi connectivity index (χ1v) is 11.5. The van der Waals surface area contributed by atoms with Gasteiger partial charge in [0.05, 0.1) is 27.2 Å². The van der Waals surface area contributed by atoms with Crippen molar-refractivity contribution in [2.45, 2.75) is 18.8 Å². The second-order valence-corrected chi connectivity index (χ2v) is 8.86. The van der Waals surface area contributed by atoms with E-state index in [9.17, 15) is 9.59 Å². The summed E-state index contributed by atoms with van der Waals surface area (Å²) in [6.07, 6.45) is 2.03. The van der Waals surface area contributed by atoms with Crippen molar-refractivity contribution in [3.63, 3.8) is 0 Å². The van der Waals surface area contributed by atoms with Gasteiger partial charge in [0, 0.05) is 42.7 Å². The van der Waals surface area contributed by atoms with E-state index in [1.165, 1.54) is 0 Å². The molecule has 8 heteroatoms. The van der Waals surface area contributed by atoms with Crippen LogP contribution in [-0.2, 0) is 4.79 Å². The zero-order chi connectivity index (χ0) is 23.5. The first-order chi connectivity index (χ1) is 16.0. The van der Waals surface area contributed by atoms with E-state index in [-0.39, 0.29) is 23.7 Å². The number of likely N-dealkylation sites (tertiary alicyclic amines) is 2. The molecular formula is C25H29ClN2O5. The van der Waals surface area contributed by atoms with Crippen LogP contribution < -0.4 is 14.2 Å². The van der Waals surface area contributed by atoms with Gasteiger partial charge in [-0.3, -0.25) is 9.59 Å². The van der Waals surface area contributed by atoms with Crippen LogP contribution >= 0.6 is 11.6 Å². The van der Waals surface area contributed by atoms with Crippen LogP contribution in [0.3, 0.4) is 0 Å². The third-order valence-electron chi connectivity index (χ3n) is 6.55. The molecule has 33 heavy (non-hydrogen) atoms. The first kappa shape index (κ1) is 23.2. The quantitative estimate of drug-likeness (QED) is 0.639. The van der Waals surface area contributed by atoms with Crippen molar-refractivity contribution in [1.29, 1.82) is 0 Å². The summed E-state index contributed by atoms with van der Waals surface area (Å²) in [6.45, 7) is 2.31. The van der Waals surface area contributed by atoms with Crippen LogP contribution in [0.2, 0.25) is 5.02 Å². The molecule has 2 fully saturated rings. The van der Waals surface area contributed by atoms with Gasteiger partial charge in [-0.1, -0.05) is 11.6 Å². The maximum absolute atomic E-state index is 13.5. The van der Waals surface area contributed by atoms with Gasteiger partial charge in [-0.25, -0.2) is 0 Å². The van der Waals surface area contributed by atoms with E-state index < -0.39 is 0 Å². The summed E-state index contributed by atoms with van der Waals surface area (Å²) in [5.41, 5.74) is 1.44. The maximum atomic E-state index is 13.5. The highest BCUT2D eigenvalue weighted by Crippen LogP contribution is 2.44. The van der Waals surface area contributed by atoms with Crippen LogP contribution in [0.25, 0.3) is 0 Å². The largest absolute Gasteiger partial charge is 0.493 e. The Balaban J connectivity index is 1.69. The number of hydrogen-bond donors (Lipinski definition) is 0. The number of nitrogens with zero attached hydrogens (tertiary/aromatic N) is 2. The normalized spacial score (nSPS) is 20.1. The molecule has 0 radical (unpaired) electrons. The summed E-state index contributed by atoms with van der Waals surface area (Å²) in [4.78, 5) is 30.4. The number of hydrogen-bond acceptors (Lipinski definition) is 5. The second kappa shape index (κ2) is 9.91. The zero-order valence-corrected chi connectivity index (χ0v) is 19.9. The van der Waals surface area contributed by atoms with Gasteiger partial charge in [0.25, 0.3) is 5.91 Å². The number of amides is 2. The number of carbonyl (C=O) groups is 2. The zero-order valence-electron chi connectivity index (χ0n) is 19.2. The summed E-state index contributed by atoms with van der Waals surface area (Å²) >= 11 is 5.99. The molecule has 0 N–H and O–H groups in total. The third-order valence-corrected chi connectivity index (χ3v) is 6.80. The van der Waals surface area contributed by atoms with Gasteiger partial charge in [-0.15, -0.1) is 0 Å². The lowest BCUT2D eigenvalue weighted by Gasteiger charge is -2.25. The highest BCUT2D eigenvalue weighted by Gasteiger charge is 2.43. The molecule has 176 valence electrons. The molecule has 0 aliphatic carbocycles. The summed E-state index contributed by atoms with van der Waals surface area (Å²) < 4.78 is 16.5. The molecule has 0 spiro atoms. The fraction of sp³-hybridized carbons (Fsp3) is 0.440. The molecule has 2 heterocycles. The van der Waals surface area contributed by atoms with Gasteiger partial charge in [-0.05, 0) is 54.8 Å². The smallest absolute Gasteiger partial charge is 0.253 e. The predicted molar refractivity (Wildman–Crippen MR) is 125 cm³/mol. The van der Waals surface area contributed by atoms with Crippen molar-refractivity contribution in [3.05, 3.63) is 52.5 Å². The van der Waals surface area contributed by atoms with E-state index >= 15 is 0 Å². The minimum absolute atomic E-state index is 0.0951. The van der Waals surface area contributed by atoms with E-state index in [1.807, 2.05) is 17.0 Å². The van der Waals surface area contributed by atoms with Crippen LogP contribution in [-0.4, -0.2) is 69.1 Å². The number of benzene rings is 2. The summed E-state index contributed by atoms with van der Waals surface area (Å²) in [6, 6.07) is 10.6. The Morgan fingerprint density at radius 3 is 2.03 bits per heavy atom. The van der Waals surface area contributed by atoms with Gasteiger partial charge in [-0.2, -0.15) is 0 Å². The number of methoxy groups -OCH3 is 3. The average molecular weight is 473 g/mol. The Morgan fingerprint density at radius 1 is 0.879 bits per heavy atom. The topological polar surface area (TPSA) is 68.3 Å². The standard InChI is InChI=1S/C25H29ClN2O5/c1-31-21-12-17(13-22(32-2)23(21)33-3)19-14-28(24(29)16-6-8-18(26)9-7-16)15-20(19)25(30)27-10-4-5-11-27/h6-9,12-13,19-20H,4-5,10-11,14-15H2,1-3H3/t19-,20-/m0/s1. The molecule has 7 nitrogen and oxygen atoms in total. The molecular weight excluding hydrogens is 444 g/mol. The van der Waals surface area contributed by atoms with Crippen LogP contribution in [0.15, 0.2) is 36.4 Å². The van der Waals surface area contributed by atoms with E-state index in [2.05, 4.69) is 0 Å². The minimum atomic E-state index is -0.345. The highest BCUT2D eigenvalue weighted by molar-refractivity contribution is 6.30. The second-order valence-electron chi connectivity index (χ2n) is 8.42. The summed E-state index contributed by atoms with van der Waals surface area (Å²) in [5.74, 6) is 1.00.